The molecule has 25 heavy (non-hydrogen) atoms. The van der Waals surface area contributed by atoms with Gasteiger partial charge in [-0.1, -0.05) is 25.1 Å². The second-order valence-corrected chi connectivity index (χ2v) is 5.64. The number of fused-ring (bicyclic) bond motifs is 1. The summed E-state index contributed by atoms with van der Waals surface area (Å²) in [5.74, 6) is -0.196. The molecule has 126 valence electrons. The van der Waals surface area contributed by atoms with Crippen molar-refractivity contribution in [1.29, 1.82) is 0 Å². The fraction of sp³-hybridized carbons (Fsp3) is 0.105. The molecular weight excluding hydrogens is 316 g/mol. The fourth-order valence-corrected chi connectivity index (χ4v) is 2.48. The van der Waals surface area contributed by atoms with Crippen LogP contribution in [0.25, 0.3) is 11.0 Å². The Morgan fingerprint density at radius 2 is 2.24 bits per heavy atom. The highest BCUT2D eigenvalue weighted by atomic mass is 16.3. The minimum atomic E-state index is -0.345. The van der Waals surface area contributed by atoms with Gasteiger partial charge in [-0.15, -0.1) is 6.58 Å². The first-order chi connectivity index (χ1) is 12.1. The average molecular weight is 334 g/mol. The SMILES string of the molecule is C=CC(C)c1cccc(/C=N/NC(=O)c2ccc3nc[nH]c3c2)c1O. The Balaban J connectivity index is 1.74. The molecule has 6 heteroatoms. The molecule has 0 saturated heterocycles. The van der Waals surface area contributed by atoms with Gasteiger partial charge >= 0.3 is 0 Å². The van der Waals surface area contributed by atoms with Crippen LogP contribution in [0.3, 0.4) is 0 Å². The third-order valence-corrected chi connectivity index (χ3v) is 3.99. The molecule has 0 bridgehead atoms. The summed E-state index contributed by atoms with van der Waals surface area (Å²) in [4.78, 5) is 19.2. The molecule has 1 aromatic heterocycles. The zero-order chi connectivity index (χ0) is 17.8. The monoisotopic (exact) mass is 334 g/mol. The molecule has 1 amide bonds. The number of carbonyl (C=O) groups is 1. The van der Waals surface area contributed by atoms with E-state index in [1.165, 1.54) is 6.21 Å². The third-order valence-electron chi connectivity index (χ3n) is 3.99. The number of hydrazone groups is 1. The van der Waals surface area contributed by atoms with Gasteiger partial charge in [0.05, 0.1) is 23.6 Å². The number of imidazole rings is 1. The summed E-state index contributed by atoms with van der Waals surface area (Å²) in [6, 6.07) is 10.5. The van der Waals surface area contributed by atoms with Crippen LogP contribution in [-0.2, 0) is 0 Å². The molecule has 0 aliphatic carbocycles. The number of carbonyl (C=O) groups excluding carboxylic acids is 1. The van der Waals surface area contributed by atoms with E-state index >= 15 is 0 Å². The van der Waals surface area contributed by atoms with E-state index in [1.807, 2.05) is 19.1 Å². The second kappa shape index (κ2) is 7.00. The summed E-state index contributed by atoms with van der Waals surface area (Å²) < 4.78 is 0. The molecule has 3 N–H and O–H groups in total. The van der Waals surface area contributed by atoms with Gasteiger partial charge in [0.1, 0.15) is 5.75 Å². The number of aromatic nitrogens is 2. The number of aromatic amines is 1. The zero-order valence-electron chi connectivity index (χ0n) is 13.7. The van der Waals surface area contributed by atoms with Crippen LogP contribution in [0.2, 0.25) is 0 Å². The normalized spacial score (nSPS) is 12.4. The van der Waals surface area contributed by atoms with Gasteiger partial charge in [0.15, 0.2) is 0 Å². The van der Waals surface area contributed by atoms with E-state index in [4.69, 9.17) is 0 Å². The third kappa shape index (κ3) is 3.42. The molecule has 0 fully saturated rings. The van der Waals surface area contributed by atoms with Crippen molar-refractivity contribution in [3.8, 4) is 5.75 Å². The van der Waals surface area contributed by atoms with Gasteiger partial charge in [0.25, 0.3) is 5.91 Å². The average Bonchev–Trinajstić information content (AvgIpc) is 3.10. The van der Waals surface area contributed by atoms with Gasteiger partial charge in [-0.05, 0) is 24.3 Å². The highest BCUT2D eigenvalue weighted by Gasteiger charge is 2.10. The largest absolute Gasteiger partial charge is 0.507 e. The fourth-order valence-electron chi connectivity index (χ4n) is 2.48. The molecule has 0 radical (unpaired) electrons. The minimum absolute atomic E-state index is 0.0177. The maximum absolute atomic E-state index is 12.2. The Kier molecular flexibility index (Phi) is 4.61. The lowest BCUT2D eigenvalue weighted by Gasteiger charge is -2.10. The number of nitrogens with zero attached hydrogens (tertiary/aromatic N) is 2. The van der Waals surface area contributed by atoms with Crippen molar-refractivity contribution >= 4 is 23.2 Å². The lowest BCUT2D eigenvalue weighted by molar-refractivity contribution is 0.0955. The van der Waals surface area contributed by atoms with Crippen molar-refractivity contribution in [3.05, 3.63) is 72.1 Å². The molecule has 1 heterocycles. The van der Waals surface area contributed by atoms with E-state index < -0.39 is 0 Å². The lowest BCUT2D eigenvalue weighted by atomic mass is 9.98. The summed E-state index contributed by atoms with van der Waals surface area (Å²) >= 11 is 0. The molecule has 0 aliphatic heterocycles. The van der Waals surface area contributed by atoms with Crippen molar-refractivity contribution in [1.82, 2.24) is 15.4 Å². The van der Waals surface area contributed by atoms with Crippen LogP contribution in [0.1, 0.15) is 34.3 Å². The van der Waals surface area contributed by atoms with E-state index in [9.17, 15) is 9.90 Å². The topological polar surface area (TPSA) is 90.4 Å². The van der Waals surface area contributed by atoms with Crippen LogP contribution < -0.4 is 5.43 Å². The number of rotatable bonds is 5. The molecule has 0 saturated carbocycles. The number of allylic oxidation sites excluding steroid dienone is 1. The molecule has 3 aromatic rings. The second-order valence-electron chi connectivity index (χ2n) is 5.64. The number of amides is 1. The minimum Gasteiger partial charge on any atom is -0.507 e. The number of hydrogen-bond donors (Lipinski definition) is 3. The Hall–Kier alpha value is -3.41. The quantitative estimate of drug-likeness (QED) is 0.380. The number of aromatic hydroxyl groups is 1. The zero-order valence-corrected chi connectivity index (χ0v) is 13.7. The predicted molar refractivity (Wildman–Crippen MR) is 97.9 cm³/mol. The van der Waals surface area contributed by atoms with Gasteiger partial charge in [-0.3, -0.25) is 4.79 Å². The first-order valence-corrected chi connectivity index (χ1v) is 7.81. The number of H-pyrrole nitrogens is 1. The number of phenolic OH excluding ortho intramolecular Hbond substituents is 1. The van der Waals surface area contributed by atoms with Crippen molar-refractivity contribution in [2.45, 2.75) is 12.8 Å². The van der Waals surface area contributed by atoms with Crippen LogP contribution in [0, 0.1) is 0 Å². The molecule has 1 unspecified atom stereocenters. The van der Waals surface area contributed by atoms with Crippen molar-refractivity contribution in [2.75, 3.05) is 0 Å². The van der Waals surface area contributed by atoms with Crippen molar-refractivity contribution in [2.24, 2.45) is 5.10 Å². The molecule has 6 nitrogen and oxygen atoms in total. The van der Waals surface area contributed by atoms with Crippen LogP contribution in [0.15, 0.2) is 60.5 Å². The van der Waals surface area contributed by atoms with E-state index in [1.54, 1.807) is 36.7 Å². The van der Waals surface area contributed by atoms with Gasteiger partial charge < -0.3 is 10.1 Å². The van der Waals surface area contributed by atoms with Gasteiger partial charge in [-0.25, -0.2) is 10.4 Å². The summed E-state index contributed by atoms with van der Waals surface area (Å²) in [6.45, 7) is 5.68. The van der Waals surface area contributed by atoms with E-state index in [-0.39, 0.29) is 17.6 Å². The molecule has 0 aliphatic rings. The number of nitrogens with one attached hydrogen (secondary N) is 2. The summed E-state index contributed by atoms with van der Waals surface area (Å²) in [7, 11) is 0. The van der Waals surface area contributed by atoms with E-state index in [2.05, 4.69) is 27.1 Å². The first kappa shape index (κ1) is 16.4. The van der Waals surface area contributed by atoms with Crippen molar-refractivity contribution < 1.29 is 9.90 Å². The van der Waals surface area contributed by atoms with Crippen LogP contribution >= 0.6 is 0 Å². The molecule has 0 spiro atoms. The van der Waals surface area contributed by atoms with Gasteiger partial charge in [0.2, 0.25) is 0 Å². The summed E-state index contributed by atoms with van der Waals surface area (Å²) in [5.41, 5.74) is 5.78. The summed E-state index contributed by atoms with van der Waals surface area (Å²) in [6.07, 6.45) is 4.75. The van der Waals surface area contributed by atoms with Crippen molar-refractivity contribution in [3.63, 3.8) is 0 Å². The molecule has 2 aromatic carbocycles. The number of phenols is 1. The number of benzene rings is 2. The Morgan fingerprint density at radius 3 is 3.04 bits per heavy atom. The number of hydrogen-bond acceptors (Lipinski definition) is 4. The standard InChI is InChI=1S/C19H18N4O2/c1-3-12(2)15-6-4-5-14(18(15)24)10-22-23-19(25)13-7-8-16-17(9-13)21-11-20-16/h3-12,24H,1H2,2H3,(H,20,21)(H,23,25)/b22-10+. The summed E-state index contributed by atoms with van der Waals surface area (Å²) in [5, 5.41) is 14.2. The lowest BCUT2D eigenvalue weighted by Crippen LogP contribution is -2.17. The number of para-hydroxylation sites is 1. The Labute approximate surface area is 144 Å². The Bertz CT molecular complexity index is 959. The van der Waals surface area contributed by atoms with E-state index in [0.717, 1.165) is 16.6 Å². The Morgan fingerprint density at radius 1 is 1.40 bits per heavy atom. The first-order valence-electron chi connectivity index (χ1n) is 7.81. The van der Waals surface area contributed by atoms with Crippen LogP contribution in [-0.4, -0.2) is 27.2 Å². The molecule has 1 atom stereocenters. The van der Waals surface area contributed by atoms with Gasteiger partial charge in [0, 0.05) is 22.6 Å². The maximum Gasteiger partial charge on any atom is 0.271 e. The van der Waals surface area contributed by atoms with Gasteiger partial charge in [-0.2, -0.15) is 5.10 Å². The van der Waals surface area contributed by atoms with Crippen LogP contribution in [0.5, 0.6) is 5.75 Å². The maximum atomic E-state index is 12.2. The van der Waals surface area contributed by atoms with E-state index in [0.29, 0.717) is 11.1 Å². The molecule has 3 rings (SSSR count). The molecular formula is C19H18N4O2. The van der Waals surface area contributed by atoms with Crippen LogP contribution in [0.4, 0.5) is 0 Å². The highest BCUT2D eigenvalue weighted by molar-refractivity contribution is 5.97. The highest BCUT2D eigenvalue weighted by Crippen LogP contribution is 2.28. The predicted octanol–water partition coefficient (Wildman–Crippen LogP) is 3.32. The smallest absolute Gasteiger partial charge is 0.271 e.